The Labute approximate surface area is 200 Å². The molecule has 0 fully saturated rings. The molecule has 0 aliphatic carbocycles. The fourth-order valence-corrected chi connectivity index (χ4v) is 7.94. The molecule has 0 atom stereocenters. The number of pyridine rings is 2. The number of rotatable bonds is 1. The SMILES string of the molecule is Cc1cc2c3ccccc3n3c4cc5c([Si](C)(C)C)cccc5c5cc[n+](C)c(c(c1C)c23)c54. The first-order valence-electron chi connectivity index (χ1n) is 12.2. The van der Waals surface area contributed by atoms with Crippen LogP contribution in [0.5, 0.6) is 0 Å². The maximum Gasteiger partial charge on any atom is 0.224 e. The van der Waals surface area contributed by atoms with E-state index >= 15 is 0 Å². The van der Waals surface area contributed by atoms with Crippen LogP contribution in [0.15, 0.2) is 66.9 Å². The molecule has 0 unspecified atom stereocenters. The summed E-state index contributed by atoms with van der Waals surface area (Å²) in [7, 11) is 0.672. The standard InChI is InChI=1S/C31H29N2Si/c1-18-16-24-21-10-7-8-12-25(21)33-26-17-23-20(11-9-13-27(23)34(4,5)6)22-14-15-32(3)31(29(22)26)28(19(18)2)30(24)33/h7-17H,1-6H3/q+1. The molecule has 0 amide bonds. The first-order chi connectivity index (χ1) is 16.3. The molecule has 166 valence electrons. The molecule has 3 heteroatoms. The highest BCUT2D eigenvalue weighted by Gasteiger charge is 2.27. The van der Waals surface area contributed by atoms with Crippen LogP contribution >= 0.6 is 0 Å². The van der Waals surface area contributed by atoms with Gasteiger partial charge in [-0.1, -0.05) is 61.2 Å². The lowest BCUT2D eigenvalue weighted by molar-refractivity contribution is -0.643. The summed E-state index contributed by atoms with van der Waals surface area (Å²) in [6.45, 7) is 11.9. The van der Waals surface area contributed by atoms with Gasteiger partial charge in [-0.15, -0.1) is 0 Å². The molecule has 0 aliphatic heterocycles. The number of aryl methyl sites for hydroxylation is 3. The fraction of sp³-hybridized carbons (Fsp3) is 0.194. The summed E-state index contributed by atoms with van der Waals surface area (Å²) >= 11 is 0. The van der Waals surface area contributed by atoms with Crippen LogP contribution in [0.4, 0.5) is 0 Å². The summed E-state index contributed by atoms with van der Waals surface area (Å²) in [5.74, 6) is 0. The van der Waals surface area contributed by atoms with Crippen LogP contribution in [-0.4, -0.2) is 12.5 Å². The topological polar surface area (TPSA) is 8.29 Å². The van der Waals surface area contributed by atoms with E-state index in [0.29, 0.717) is 0 Å². The molecule has 0 spiro atoms. The summed E-state index contributed by atoms with van der Waals surface area (Å²) in [6.07, 6.45) is 2.26. The number of aromatic nitrogens is 2. The van der Waals surface area contributed by atoms with E-state index < -0.39 is 8.07 Å². The molecule has 3 aromatic heterocycles. The Balaban J connectivity index is 1.94. The van der Waals surface area contributed by atoms with Gasteiger partial charge in [0.15, 0.2) is 6.20 Å². The van der Waals surface area contributed by atoms with Crippen molar-refractivity contribution in [1.82, 2.24) is 4.40 Å². The van der Waals surface area contributed by atoms with E-state index in [1.165, 1.54) is 76.1 Å². The smallest absolute Gasteiger partial charge is 0.224 e. The first-order valence-corrected chi connectivity index (χ1v) is 15.7. The Bertz CT molecular complexity index is 1970. The number of hydrogen-bond donors (Lipinski definition) is 0. The quantitative estimate of drug-likeness (QED) is 0.107. The van der Waals surface area contributed by atoms with E-state index in [2.05, 4.69) is 116 Å². The lowest BCUT2D eigenvalue weighted by atomic mass is 9.94. The number of benzene rings is 4. The second-order valence-electron chi connectivity index (χ2n) is 11.1. The summed E-state index contributed by atoms with van der Waals surface area (Å²) in [5.41, 5.74) is 8.04. The van der Waals surface area contributed by atoms with Gasteiger partial charge >= 0.3 is 0 Å². The van der Waals surface area contributed by atoms with Crippen molar-refractivity contribution in [3.05, 3.63) is 78.0 Å². The van der Waals surface area contributed by atoms with Crippen molar-refractivity contribution in [2.24, 2.45) is 7.05 Å². The molecular formula is C31H29N2Si+. The molecule has 7 aromatic rings. The highest BCUT2D eigenvalue weighted by atomic mass is 28.3. The predicted molar refractivity (Wildman–Crippen MR) is 150 cm³/mol. The Morgan fingerprint density at radius 1 is 0.706 bits per heavy atom. The molecule has 3 heterocycles. The molecule has 7 rings (SSSR count). The van der Waals surface area contributed by atoms with Crippen molar-refractivity contribution in [2.75, 3.05) is 0 Å². The fourth-order valence-electron chi connectivity index (χ4n) is 6.32. The summed E-state index contributed by atoms with van der Waals surface area (Å²) < 4.78 is 4.89. The van der Waals surface area contributed by atoms with Crippen molar-refractivity contribution < 1.29 is 4.57 Å². The summed E-state index contributed by atoms with van der Waals surface area (Å²) in [5, 5.41) is 11.1. The van der Waals surface area contributed by atoms with Crippen LogP contribution < -0.4 is 9.75 Å². The molecule has 0 bridgehead atoms. The molecule has 0 saturated heterocycles. The zero-order chi connectivity index (χ0) is 23.5. The maximum atomic E-state index is 2.56. The van der Waals surface area contributed by atoms with Gasteiger partial charge in [-0.05, 0) is 53.9 Å². The summed E-state index contributed by atoms with van der Waals surface area (Å²) in [4.78, 5) is 0. The average molecular weight is 458 g/mol. The van der Waals surface area contributed by atoms with E-state index in [0.717, 1.165) is 0 Å². The van der Waals surface area contributed by atoms with Crippen LogP contribution in [0.25, 0.3) is 59.8 Å². The van der Waals surface area contributed by atoms with Crippen molar-refractivity contribution >= 4 is 73.0 Å². The minimum atomic E-state index is -1.53. The third-order valence-corrected chi connectivity index (χ3v) is 10.1. The Morgan fingerprint density at radius 3 is 2.26 bits per heavy atom. The second-order valence-corrected chi connectivity index (χ2v) is 16.1. The first kappa shape index (κ1) is 20.0. The van der Waals surface area contributed by atoms with Crippen molar-refractivity contribution in [3.63, 3.8) is 0 Å². The molecule has 0 aliphatic rings. The normalized spacial score (nSPS) is 13.0. The minimum absolute atomic E-state index is 1.30. The largest absolute Gasteiger partial charge is 0.307 e. The van der Waals surface area contributed by atoms with Gasteiger partial charge in [-0.25, -0.2) is 4.57 Å². The van der Waals surface area contributed by atoms with Crippen LogP contribution in [0, 0.1) is 13.8 Å². The number of nitrogens with zero attached hydrogens (tertiary/aromatic N) is 2. The van der Waals surface area contributed by atoms with Crippen LogP contribution in [0.2, 0.25) is 19.6 Å². The third kappa shape index (κ3) is 2.33. The highest BCUT2D eigenvalue weighted by Crippen LogP contribution is 2.43. The van der Waals surface area contributed by atoms with Crippen LogP contribution in [0.1, 0.15) is 11.1 Å². The molecular weight excluding hydrogens is 428 g/mol. The van der Waals surface area contributed by atoms with Gasteiger partial charge in [0.05, 0.1) is 35.4 Å². The Hall–Kier alpha value is -3.43. The van der Waals surface area contributed by atoms with Crippen molar-refractivity contribution in [1.29, 1.82) is 0 Å². The Kier molecular flexibility index (Phi) is 3.74. The van der Waals surface area contributed by atoms with Crippen LogP contribution in [0.3, 0.4) is 0 Å². The number of para-hydroxylation sites is 1. The number of fused-ring (bicyclic) bond motifs is 7. The van der Waals surface area contributed by atoms with Crippen molar-refractivity contribution in [3.8, 4) is 0 Å². The van der Waals surface area contributed by atoms with Gasteiger partial charge in [0.25, 0.3) is 0 Å². The third-order valence-electron chi connectivity index (χ3n) is 8.02. The van der Waals surface area contributed by atoms with Crippen molar-refractivity contribution in [2.45, 2.75) is 33.5 Å². The van der Waals surface area contributed by atoms with E-state index in [9.17, 15) is 0 Å². The molecule has 4 aromatic carbocycles. The number of hydrogen-bond acceptors (Lipinski definition) is 0. The molecule has 0 N–H and O–H groups in total. The summed E-state index contributed by atoms with van der Waals surface area (Å²) in [6, 6.07) is 23.1. The van der Waals surface area contributed by atoms with Gasteiger partial charge in [-0.3, -0.25) is 0 Å². The minimum Gasteiger partial charge on any atom is -0.307 e. The zero-order valence-electron chi connectivity index (χ0n) is 20.7. The maximum absolute atomic E-state index is 2.56. The van der Waals surface area contributed by atoms with E-state index in [1.54, 1.807) is 0 Å². The van der Waals surface area contributed by atoms with Gasteiger partial charge in [0.2, 0.25) is 5.52 Å². The van der Waals surface area contributed by atoms with Gasteiger partial charge < -0.3 is 4.40 Å². The monoisotopic (exact) mass is 457 g/mol. The zero-order valence-corrected chi connectivity index (χ0v) is 21.7. The Morgan fingerprint density at radius 2 is 1.47 bits per heavy atom. The molecule has 0 saturated carbocycles. The van der Waals surface area contributed by atoms with Gasteiger partial charge in [-0.2, -0.15) is 0 Å². The van der Waals surface area contributed by atoms with E-state index in [-0.39, 0.29) is 0 Å². The predicted octanol–water partition coefficient (Wildman–Crippen LogP) is 7.13. The van der Waals surface area contributed by atoms with Gasteiger partial charge in [0, 0.05) is 22.2 Å². The second kappa shape index (κ2) is 6.37. The highest BCUT2D eigenvalue weighted by molar-refractivity contribution is 6.90. The van der Waals surface area contributed by atoms with Gasteiger partial charge in [0.1, 0.15) is 7.05 Å². The molecule has 34 heavy (non-hydrogen) atoms. The molecule has 0 radical (unpaired) electrons. The lowest BCUT2D eigenvalue weighted by Gasteiger charge is -2.21. The lowest BCUT2D eigenvalue weighted by Crippen LogP contribution is -2.38. The van der Waals surface area contributed by atoms with Crippen LogP contribution in [-0.2, 0) is 7.05 Å². The average Bonchev–Trinajstić information content (AvgIpc) is 3.13. The van der Waals surface area contributed by atoms with E-state index in [4.69, 9.17) is 0 Å². The molecule has 2 nitrogen and oxygen atoms in total. The van der Waals surface area contributed by atoms with E-state index in [1.807, 2.05) is 0 Å².